The van der Waals surface area contributed by atoms with Crippen LogP contribution in [0.25, 0.3) is 0 Å². The lowest BCUT2D eigenvalue weighted by Gasteiger charge is -2.15. The Kier molecular flexibility index (Phi) is 20.8. The number of aliphatic hydroxyl groups excluding tert-OH is 1. The van der Waals surface area contributed by atoms with E-state index >= 15 is 0 Å². The number of carbonyl (C=O) groups is 2. The number of carbonyl (C=O) groups excluding carboxylic acids is 2. The summed E-state index contributed by atoms with van der Waals surface area (Å²) in [5.41, 5.74) is -0.686. The van der Waals surface area contributed by atoms with Crippen molar-refractivity contribution in [2.75, 3.05) is 7.11 Å². The van der Waals surface area contributed by atoms with E-state index in [4.69, 9.17) is 46.9 Å². The Hall–Kier alpha value is -0.718. The van der Waals surface area contributed by atoms with E-state index < -0.39 is 22.6 Å². The summed E-state index contributed by atoms with van der Waals surface area (Å²) >= 11 is 3.92. The summed E-state index contributed by atoms with van der Waals surface area (Å²) in [6, 6.07) is 15.8. The summed E-state index contributed by atoms with van der Waals surface area (Å²) in [4.78, 5) is 23.1. The molecule has 2 rings (SSSR count). The van der Waals surface area contributed by atoms with Crippen LogP contribution < -0.4 is 0 Å². The summed E-state index contributed by atoms with van der Waals surface area (Å²) < 4.78 is 0. The molecule has 0 spiro atoms. The van der Waals surface area contributed by atoms with Crippen LogP contribution in [0.1, 0.15) is 54.0 Å². The number of rotatable bonds is 5. The van der Waals surface area contributed by atoms with Gasteiger partial charge in [0.15, 0.2) is 11.6 Å². The average molecular weight is 562 g/mol. The van der Waals surface area contributed by atoms with Crippen LogP contribution in [0.3, 0.4) is 0 Å². The first kappa shape index (κ1) is 36.8. The molecule has 0 heterocycles. The number of hydrogen-bond acceptors (Lipinski definition) is 5. The van der Waals surface area contributed by atoms with E-state index in [0.29, 0.717) is 17.0 Å². The fraction of sp³-hybridized carbons (Fsp3) is 0.364. The lowest BCUT2D eigenvalue weighted by atomic mass is 9.96. The van der Waals surface area contributed by atoms with Crippen molar-refractivity contribution in [3.8, 4) is 0 Å². The summed E-state index contributed by atoms with van der Waals surface area (Å²) in [5.74, 6) is -0.167. The first-order valence-electron chi connectivity index (χ1n) is 9.31. The van der Waals surface area contributed by atoms with Crippen molar-refractivity contribution >= 4 is 64.7 Å². The monoisotopic (exact) mass is 560 g/mol. The van der Waals surface area contributed by atoms with Crippen molar-refractivity contribution in [1.82, 2.24) is 0 Å². The van der Waals surface area contributed by atoms with E-state index in [1.54, 1.807) is 42.5 Å². The second kappa shape index (κ2) is 18.6. The molecular weight excluding hydrogens is 532 g/mol. The van der Waals surface area contributed by atoms with Gasteiger partial charge in [0.1, 0.15) is 11.2 Å². The van der Waals surface area contributed by atoms with E-state index in [1.165, 1.54) is 27.7 Å². The van der Waals surface area contributed by atoms with Gasteiger partial charge in [0, 0.05) is 24.1 Å². The van der Waals surface area contributed by atoms with Crippen LogP contribution in [-0.4, -0.2) is 56.6 Å². The SMILES string of the molecule is CC(C)(O)C(=O)c1cccc(CCl)c1.CC(C)(O)C(=O)c1ccccc1.CO.F.[Cl][Al]([Cl])[Cl]. The summed E-state index contributed by atoms with van der Waals surface area (Å²) in [6.45, 7) is 5.93. The molecule has 0 unspecified atom stereocenters. The van der Waals surface area contributed by atoms with E-state index in [9.17, 15) is 19.8 Å². The molecule has 0 saturated carbocycles. The standard InChI is InChI=1S/C11H13ClO2.C10H12O2.CH4O.Al.3ClH.FH/c1-11(2,14)10(13)9-5-3-4-8(6-9)7-12;1-10(2,12)9(11)8-6-4-3-5-7-8;1-2;;;;;/h3-6,14H,7H2,1-2H3;3-7,12H,1-2H3;2H,1H3;;4*1H/q;;;+3;;;;/p-3. The molecule has 2 aromatic carbocycles. The van der Waals surface area contributed by atoms with Gasteiger partial charge in [-0.15, -0.1) is 11.6 Å². The Morgan fingerprint density at radius 3 is 1.52 bits per heavy atom. The third-order valence-electron chi connectivity index (χ3n) is 3.49. The van der Waals surface area contributed by atoms with Gasteiger partial charge in [0.2, 0.25) is 0 Å². The van der Waals surface area contributed by atoms with Gasteiger partial charge in [-0.25, -0.2) is 30.1 Å². The molecule has 11 heteroatoms. The van der Waals surface area contributed by atoms with Crippen molar-refractivity contribution in [1.29, 1.82) is 0 Å². The van der Waals surface area contributed by atoms with E-state index in [0.717, 1.165) is 12.7 Å². The Morgan fingerprint density at radius 1 is 0.788 bits per heavy atom. The largest absolute Gasteiger partial charge is 0.643 e. The van der Waals surface area contributed by atoms with Crippen molar-refractivity contribution in [2.45, 2.75) is 44.8 Å². The maximum Gasteiger partial charge on any atom is 0.643 e. The van der Waals surface area contributed by atoms with Crippen LogP contribution >= 0.6 is 41.7 Å². The fourth-order valence-electron chi connectivity index (χ4n) is 2.09. The van der Waals surface area contributed by atoms with Gasteiger partial charge < -0.3 is 15.3 Å². The lowest BCUT2D eigenvalue weighted by Crippen LogP contribution is -2.31. The minimum Gasteiger partial charge on any atom is -0.400 e. The van der Waals surface area contributed by atoms with E-state index in [2.05, 4.69) is 0 Å². The van der Waals surface area contributed by atoms with Gasteiger partial charge in [-0.3, -0.25) is 14.3 Å². The van der Waals surface area contributed by atoms with E-state index in [1.807, 2.05) is 12.1 Å². The van der Waals surface area contributed by atoms with Gasteiger partial charge in [0.05, 0.1) is 0 Å². The smallest absolute Gasteiger partial charge is 0.400 e. The maximum atomic E-state index is 11.6. The Bertz CT molecular complexity index is 808. The molecule has 0 saturated heterocycles. The van der Waals surface area contributed by atoms with Crippen molar-refractivity contribution in [3.05, 3.63) is 71.3 Å². The molecule has 3 N–H and O–H groups in total. The summed E-state index contributed by atoms with van der Waals surface area (Å²) in [7, 11) is 15.8. The maximum absolute atomic E-state index is 11.6. The lowest BCUT2D eigenvalue weighted by molar-refractivity contribution is 0.0487. The molecule has 0 atom stereocenters. The molecule has 0 aliphatic heterocycles. The summed E-state index contributed by atoms with van der Waals surface area (Å²) in [6.07, 6.45) is 0. The minimum absolute atomic E-state index is 0. The molecule has 186 valence electrons. The van der Waals surface area contributed by atoms with Gasteiger partial charge in [-0.2, -0.15) is 0 Å². The molecule has 5 nitrogen and oxygen atoms in total. The van der Waals surface area contributed by atoms with Crippen LogP contribution in [0.2, 0.25) is 0 Å². The second-order valence-corrected chi connectivity index (χ2v) is 13.9. The molecule has 0 aliphatic rings. The third kappa shape index (κ3) is 17.4. The zero-order valence-corrected chi connectivity index (χ0v) is 23.2. The highest BCUT2D eigenvalue weighted by Crippen LogP contribution is 2.15. The highest BCUT2D eigenvalue weighted by atomic mass is 35.8. The first-order valence-corrected chi connectivity index (χ1v) is 15.1. The Morgan fingerprint density at radius 2 is 1.15 bits per heavy atom. The highest BCUT2D eigenvalue weighted by Gasteiger charge is 2.25. The number of hydrogen-bond donors (Lipinski definition) is 3. The number of benzene rings is 2. The van der Waals surface area contributed by atoms with Crippen LogP contribution in [0.4, 0.5) is 4.70 Å². The minimum atomic E-state index is -1.72. The van der Waals surface area contributed by atoms with Crippen molar-refractivity contribution in [2.24, 2.45) is 0 Å². The number of alkyl halides is 1. The number of Topliss-reactive ketones (excluding diaryl/α,β-unsaturated/α-hetero) is 2. The van der Waals surface area contributed by atoms with Crippen molar-refractivity contribution < 1.29 is 29.6 Å². The molecule has 0 fully saturated rings. The van der Waals surface area contributed by atoms with Crippen LogP contribution in [0.5, 0.6) is 0 Å². The molecule has 0 amide bonds. The first-order chi connectivity index (χ1) is 14.7. The highest BCUT2D eigenvalue weighted by molar-refractivity contribution is 7.54. The fourth-order valence-corrected chi connectivity index (χ4v) is 2.26. The van der Waals surface area contributed by atoms with Gasteiger partial charge in [0.25, 0.3) is 0 Å². The Balaban J connectivity index is -0.000000433. The van der Waals surface area contributed by atoms with Gasteiger partial charge >= 0.3 is 11.4 Å². The van der Waals surface area contributed by atoms with Gasteiger partial charge in [-0.1, -0.05) is 48.5 Å². The number of aliphatic hydroxyl groups is 3. The Labute approximate surface area is 216 Å². The molecule has 0 radical (unpaired) electrons. The molecule has 0 bridgehead atoms. The topological polar surface area (TPSA) is 94.8 Å². The second-order valence-electron chi connectivity index (χ2n) is 7.22. The summed E-state index contributed by atoms with van der Waals surface area (Å²) in [5, 5.41) is 25.9. The predicted octanol–water partition coefficient (Wildman–Crippen LogP) is 5.47. The zero-order chi connectivity index (χ0) is 25.5. The normalized spacial score (nSPS) is 9.94. The van der Waals surface area contributed by atoms with Gasteiger partial charge in [-0.05, 0) is 39.3 Å². The van der Waals surface area contributed by atoms with Crippen LogP contribution in [0, 0.1) is 0 Å². The molecule has 33 heavy (non-hydrogen) atoms. The predicted molar refractivity (Wildman–Crippen MR) is 138 cm³/mol. The van der Waals surface area contributed by atoms with Crippen molar-refractivity contribution in [3.63, 3.8) is 0 Å². The zero-order valence-electron chi connectivity index (χ0n) is 19.1. The number of ketones is 2. The van der Waals surface area contributed by atoms with Crippen LogP contribution in [-0.2, 0) is 5.88 Å². The third-order valence-corrected chi connectivity index (χ3v) is 3.80. The molecule has 0 aliphatic carbocycles. The molecule has 0 aromatic heterocycles. The molecular formula is C22H30AlCl4FO5. The van der Waals surface area contributed by atoms with E-state index in [-0.39, 0.29) is 16.3 Å². The number of halogens is 5. The average Bonchev–Trinajstić information content (AvgIpc) is 2.73. The van der Waals surface area contributed by atoms with Crippen LogP contribution in [0.15, 0.2) is 54.6 Å². The molecule has 2 aromatic rings. The quantitative estimate of drug-likeness (QED) is 0.256.